The Kier molecular flexibility index (Phi) is 4.37. The summed E-state index contributed by atoms with van der Waals surface area (Å²) in [6.45, 7) is 2.32. The second-order valence-electron chi connectivity index (χ2n) is 4.34. The van der Waals surface area contributed by atoms with Gasteiger partial charge in [0.15, 0.2) is 0 Å². The number of amides is 1. The number of carbonyl (C=O) groups is 1. The number of rotatable bonds is 3. The van der Waals surface area contributed by atoms with Crippen molar-refractivity contribution in [3.63, 3.8) is 0 Å². The number of carbonyl (C=O) groups excluding carboxylic acids is 1. The molecule has 1 heterocycles. The lowest BCUT2D eigenvalue weighted by atomic mass is 10.2. The fraction of sp³-hybridized carbons (Fsp3) is 0.214. The van der Waals surface area contributed by atoms with Crippen LogP contribution in [-0.2, 0) is 6.54 Å². The first-order valence-electron chi connectivity index (χ1n) is 5.76. The Labute approximate surface area is 126 Å². The van der Waals surface area contributed by atoms with E-state index >= 15 is 0 Å². The van der Waals surface area contributed by atoms with Gasteiger partial charge in [-0.2, -0.15) is 0 Å². The maximum Gasteiger partial charge on any atom is 0.255 e. The van der Waals surface area contributed by atoms with E-state index in [0.717, 1.165) is 20.9 Å². The zero-order valence-corrected chi connectivity index (χ0v) is 13.2. The van der Waals surface area contributed by atoms with Crippen molar-refractivity contribution < 1.29 is 9.21 Å². The summed E-state index contributed by atoms with van der Waals surface area (Å²) in [4.78, 5) is 14.7. The topological polar surface area (TPSA) is 33.5 Å². The van der Waals surface area contributed by atoms with Crippen molar-refractivity contribution in [3.05, 3.63) is 51.9 Å². The number of thiol groups is 1. The molecule has 0 spiro atoms. The number of furan rings is 1. The summed E-state index contributed by atoms with van der Waals surface area (Å²) < 4.78 is 6.24. The van der Waals surface area contributed by atoms with Gasteiger partial charge in [-0.25, -0.2) is 0 Å². The molecular weight excluding hydrogens is 326 g/mol. The third kappa shape index (κ3) is 3.42. The quantitative estimate of drug-likeness (QED) is 0.860. The Morgan fingerprint density at radius 2 is 2.11 bits per heavy atom. The van der Waals surface area contributed by atoms with Crippen LogP contribution in [0, 0.1) is 6.92 Å². The van der Waals surface area contributed by atoms with Crippen LogP contribution >= 0.6 is 28.6 Å². The van der Waals surface area contributed by atoms with Crippen LogP contribution in [0.25, 0.3) is 0 Å². The second kappa shape index (κ2) is 5.84. The average Bonchev–Trinajstić information content (AvgIpc) is 2.77. The smallest absolute Gasteiger partial charge is 0.255 e. The third-order valence-corrected chi connectivity index (χ3v) is 3.69. The Bertz CT molecular complexity index is 609. The summed E-state index contributed by atoms with van der Waals surface area (Å²) in [6.07, 6.45) is 0. The lowest BCUT2D eigenvalue weighted by molar-refractivity contribution is 0.0774. The highest BCUT2D eigenvalue weighted by molar-refractivity contribution is 9.10. The maximum absolute atomic E-state index is 12.3. The predicted octanol–water partition coefficient (Wildman–Crippen LogP) is 3.91. The van der Waals surface area contributed by atoms with Crippen LogP contribution in [0.2, 0.25) is 0 Å². The van der Waals surface area contributed by atoms with Gasteiger partial charge in [-0.05, 0) is 53.2 Å². The van der Waals surface area contributed by atoms with E-state index in [9.17, 15) is 4.79 Å². The van der Waals surface area contributed by atoms with Crippen molar-refractivity contribution in [2.45, 2.75) is 18.4 Å². The van der Waals surface area contributed by atoms with E-state index in [-0.39, 0.29) is 5.91 Å². The molecule has 2 rings (SSSR count). The van der Waals surface area contributed by atoms with Crippen LogP contribution in [0.4, 0.5) is 0 Å². The van der Waals surface area contributed by atoms with Gasteiger partial charge in [0.2, 0.25) is 0 Å². The summed E-state index contributed by atoms with van der Waals surface area (Å²) in [6, 6.07) is 9.17. The molecule has 19 heavy (non-hydrogen) atoms. The van der Waals surface area contributed by atoms with Crippen molar-refractivity contribution >= 4 is 34.5 Å². The van der Waals surface area contributed by atoms with Crippen LogP contribution in [0.5, 0.6) is 0 Å². The van der Waals surface area contributed by atoms with Gasteiger partial charge in [-0.15, -0.1) is 12.6 Å². The molecule has 0 N–H and O–H groups in total. The van der Waals surface area contributed by atoms with Crippen LogP contribution in [0.1, 0.15) is 21.9 Å². The van der Waals surface area contributed by atoms with Crippen molar-refractivity contribution in [1.29, 1.82) is 0 Å². The van der Waals surface area contributed by atoms with Gasteiger partial charge >= 0.3 is 0 Å². The molecule has 0 bridgehead atoms. The second-order valence-corrected chi connectivity index (χ2v) is 5.71. The lowest BCUT2D eigenvalue weighted by Crippen LogP contribution is -2.26. The molecule has 2 aromatic rings. The van der Waals surface area contributed by atoms with E-state index in [1.54, 1.807) is 18.0 Å². The van der Waals surface area contributed by atoms with E-state index in [2.05, 4.69) is 28.6 Å². The van der Waals surface area contributed by atoms with Crippen LogP contribution in [0.15, 0.2) is 44.1 Å². The Hall–Kier alpha value is -1.20. The summed E-state index contributed by atoms with van der Waals surface area (Å²) in [5, 5.41) is 0. The highest BCUT2D eigenvalue weighted by Gasteiger charge is 2.16. The van der Waals surface area contributed by atoms with Gasteiger partial charge in [-0.3, -0.25) is 4.79 Å². The van der Waals surface area contributed by atoms with Gasteiger partial charge in [0.1, 0.15) is 11.5 Å². The minimum Gasteiger partial charge on any atom is -0.464 e. The average molecular weight is 340 g/mol. The number of benzene rings is 1. The maximum atomic E-state index is 12.3. The molecule has 0 aliphatic heterocycles. The molecule has 0 fully saturated rings. The molecule has 3 nitrogen and oxygen atoms in total. The molecule has 0 aliphatic carbocycles. The van der Waals surface area contributed by atoms with Gasteiger partial charge < -0.3 is 9.32 Å². The number of halogens is 1. The van der Waals surface area contributed by atoms with Crippen LogP contribution in [-0.4, -0.2) is 17.9 Å². The fourth-order valence-electron chi connectivity index (χ4n) is 1.76. The largest absolute Gasteiger partial charge is 0.464 e. The van der Waals surface area contributed by atoms with Gasteiger partial charge in [0.05, 0.1) is 12.1 Å². The lowest BCUT2D eigenvalue weighted by Gasteiger charge is -2.17. The molecule has 1 aromatic heterocycles. The first-order chi connectivity index (χ1) is 8.97. The highest BCUT2D eigenvalue weighted by Crippen LogP contribution is 2.22. The number of aryl methyl sites for hydroxylation is 1. The summed E-state index contributed by atoms with van der Waals surface area (Å²) >= 11 is 7.64. The molecule has 1 amide bonds. The van der Waals surface area contributed by atoms with Gasteiger partial charge in [0.25, 0.3) is 5.91 Å². The Balaban J connectivity index is 2.16. The molecule has 0 radical (unpaired) electrons. The van der Waals surface area contributed by atoms with E-state index in [1.165, 1.54) is 0 Å². The molecule has 0 saturated carbocycles. The third-order valence-electron chi connectivity index (χ3n) is 2.72. The fourth-order valence-corrected chi connectivity index (χ4v) is 2.38. The van der Waals surface area contributed by atoms with Crippen molar-refractivity contribution in [3.8, 4) is 0 Å². The first-order valence-corrected chi connectivity index (χ1v) is 7.00. The molecule has 5 heteroatoms. The van der Waals surface area contributed by atoms with Crippen LogP contribution in [0.3, 0.4) is 0 Å². The van der Waals surface area contributed by atoms with E-state index in [4.69, 9.17) is 4.42 Å². The highest BCUT2D eigenvalue weighted by atomic mass is 79.9. The standard InChI is InChI=1S/C14H14BrNO2S/c1-9-3-4-10(18-9)8-16(2)14(17)12-7-11(19)5-6-13(12)15/h3-7,19H,8H2,1-2H3. The summed E-state index contributed by atoms with van der Waals surface area (Å²) in [5.74, 6) is 1.54. The zero-order chi connectivity index (χ0) is 14.0. The zero-order valence-electron chi connectivity index (χ0n) is 10.7. The van der Waals surface area contributed by atoms with Gasteiger partial charge in [0, 0.05) is 16.4 Å². The Morgan fingerprint density at radius 3 is 2.74 bits per heavy atom. The Morgan fingerprint density at radius 1 is 1.37 bits per heavy atom. The molecule has 0 saturated heterocycles. The van der Waals surface area contributed by atoms with E-state index in [1.807, 2.05) is 31.2 Å². The van der Waals surface area contributed by atoms with Crippen LogP contribution < -0.4 is 0 Å². The first kappa shape index (κ1) is 14.2. The molecule has 100 valence electrons. The van der Waals surface area contributed by atoms with Crippen molar-refractivity contribution in [1.82, 2.24) is 4.90 Å². The molecule has 0 aliphatic rings. The van der Waals surface area contributed by atoms with Crippen molar-refractivity contribution in [2.24, 2.45) is 0 Å². The van der Waals surface area contributed by atoms with Crippen molar-refractivity contribution in [2.75, 3.05) is 7.05 Å². The molecule has 1 aromatic carbocycles. The minimum atomic E-state index is -0.0724. The predicted molar refractivity (Wildman–Crippen MR) is 80.6 cm³/mol. The SMILES string of the molecule is Cc1ccc(CN(C)C(=O)c2cc(S)ccc2Br)o1. The normalized spacial score (nSPS) is 10.5. The summed E-state index contributed by atoms with van der Waals surface area (Å²) in [5.41, 5.74) is 0.596. The minimum absolute atomic E-state index is 0.0724. The molecule has 0 unspecified atom stereocenters. The number of hydrogen-bond donors (Lipinski definition) is 1. The summed E-state index contributed by atoms with van der Waals surface area (Å²) in [7, 11) is 1.75. The number of hydrogen-bond acceptors (Lipinski definition) is 3. The van der Waals surface area contributed by atoms with E-state index < -0.39 is 0 Å². The monoisotopic (exact) mass is 339 g/mol. The molecule has 0 atom stereocenters. The van der Waals surface area contributed by atoms with Gasteiger partial charge in [-0.1, -0.05) is 0 Å². The van der Waals surface area contributed by atoms with E-state index in [0.29, 0.717) is 12.1 Å². The number of nitrogens with zero attached hydrogens (tertiary/aromatic N) is 1. The molecular formula is C14H14BrNO2S.